The highest BCUT2D eigenvalue weighted by molar-refractivity contribution is 7.00. The lowest BCUT2D eigenvalue weighted by molar-refractivity contribution is 0.569. The minimum absolute atomic E-state index is 0.00894. The summed E-state index contributed by atoms with van der Waals surface area (Å²) in [4.78, 5) is 2.49. The monoisotopic (exact) mass is 1440 g/mol. The van der Waals surface area contributed by atoms with Crippen LogP contribution in [0.2, 0.25) is 0 Å². The number of anilines is 3. The minimum Gasteiger partial charge on any atom is -0.310 e. The molecule has 4 nitrogen and oxygen atoms in total. The SMILES string of the molecule is [2H]c1c([2H])c([2H])c2c(c1[2H])c1c([2H])c([2H])c([2H])c([2H])c1n2-c1cc2c3c(c1)-n1c4ccccc4c4ccccc4c4ccccc4c4cc(-c5cc(C(C)(C)C)cc(C(C)(C)C)c5)cc(c41)B3c1ccc(-n3c4ccc(C(C)(C)C)cc4c4cc(C(C)(C)C)ccc43)cc1N2c1c(-c2ccccc2)cc(-c2ccccc2)cc1-c1ccccc1. The quantitative estimate of drug-likeness (QED) is 0.145. The molecule has 0 saturated heterocycles. The van der Waals surface area contributed by atoms with E-state index in [1.54, 1.807) is 4.57 Å². The molecule has 18 aromatic rings. The molecule has 3 aromatic heterocycles. The predicted molar refractivity (Wildman–Crippen MR) is 478 cm³/mol. The molecule has 5 heteroatoms. The first-order valence-electron chi connectivity index (χ1n) is 42.9. The highest BCUT2D eigenvalue weighted by Gasteiger charge is 2.44. The van der Waals surface area contributed by atoms with Crippen LogP contribution < -0.4 is 21.3 Å². The molecule has 2 aliphatic rings. The van der Waals surface area contributed by atoms with Gasteiger partial charge in [-0.05, 0) is 200 Å². The lowest BCUT2D eigenvalue weighted by Crippen LogP contribution is -2.60. The van der Waals surface area contributed by atoms with Gasteiger partial charge in [0.25, 0.3) is 6.71 Å². The van der Waals surface area contributed by atoms with Gasteiger partial charge in [0.2, 0.25) is 0 Å². The zero-order valence-corrected chi connectivity index (χ0v) is 64.8. The first-order chi connectivity index (χ1) is 56.9. The number of nitrogens with zero attached hydrogens (tertiary/aromatic N) is 4. The van der Waals surface area contributed by atoms with Crippen molar-refractivity contribution in [3.63, 3.8) is 0 Å². The van der Waals surface area contributed by atoms with Crippen molar-refractivity contribution < 1.29 is 11.0 Å². The molecule has 5 heterocycles. The molecule has 0 spiro atoms. The van der Waals surface area contributed by atoms with Gasteiger partial charge in [-0.1, -0.05) is 320 Å². The van der Waals surface area contributed by atoms with E-state index < -0.39 is 43.0 Å². The molecule has 2 aliphatic heterocycles. The summed E-state index contributed by atoms with van der Waals surface area (Å²) in [5.41, 5.74) is 23.6. The van der Waals surface area contributed by atoms with Gasteiger partial charge >= 0.3 is 0 Å². The summed E-state index contributed by atoms with van der Waals surface area (Å²) in [6, 6.07) is 96.8. The molecule has 0 aliphatic carbocycles. The number of para-hydroxylation sites is 3. The Labute approximate surface area is 662 Å². The average molecular weight is 1440 g/mol. The maximum atomic E-state index is 10.3. The third kappa shape index (κ3) is 10.9. The van der Waals surface area contributed by atoms with Crippen LogP contribution in [0, 0.1) is 0 Å². The summed E-state index contributed by atoms with van der Waals surface area (Å²) in [5.74, 6) is 0. The third-order valence-electron chi connectivity index (χ3n) is 23.7. The Hall–Kier alpha value is -12.4. The van der Waals surface area contributed by atoms with Crippen LogP contribution in [-0.2, 0) is 21.7 Å². The molecular formula is C106H89BN4. The van der Waals surface area contributed by atoms with Crippen LogP contribution in [-0.4, -0.2) is 20.4 Å². The maximum absolute atomic E-state index is 10.3. The van der Waals surface area contributed by atoms with Crippen molar-refractivity contribution in [1.29, 1.82) is 0 Å². The second kappa shape index (κ2) is 25.1. The number of hydrogen-bond acceptors (Lipinski definition) is 1. The van der Waals surface area contributed by atoms with E-state index in [1.165, 1.54) is 22.3 Å². The Morgan fingerprint density at radius 2 is 0.685 bits per heavy atom. The summed E-state index contributed by atoms with van der Waals surface area (Å²) in [7, 11) is 0. The van der Waals surface area contributed by atoms with Gasteiger partial charge in [-0.15, -0.1) is 0 Å². The van der Waals surface area contributed by atoms with E-state index in [-0.39, 0.29) is 55.6 Å². The number of hydrogen-bond donors (Lipinski definition) is 0. The van der Waals surface area contributed by atoms with Crippen molar-refractivity contribution in [1.82, 2.24) is 13.7 Å². The fourth-order valence-electron chi connectivity index (χ4n) is 18.0. The van der Waals surface area contributed by atoms with E-state index in [4.69, 9.17) is 0 Å². The van der Waals surface area contributed by atoms with Crippen LogP contribution in [0.5, 0.6) is 0 Å². The van der Waals surface area contributed by atoms with Crippen LogP contribution in [0.3, 0.4) is 0 Å². The highest BCUT2D eigenvalue weighted by Crippen LogP contribution is 2.53. The Balaban J connectivity index is 1.07. The number of rotatable bonds is 7. The highest BCUT2D eigenvalue weighted by atomic mass is 15.2. The molecule has 536 valence electrons. The van der Waals surface area contributed by atoms with E-state index in [0.717, 1.165) is 154 Å². The van der Waals surface area contributed by atoms with E-state index in [0.29, 0.717) is 5.69 Å². The molecule has 0 radical (unpaired) electrons. The van der Waals surface area contributed by atoms with E-state index in [9.17, 15) is 11.0 Å². The summed E-state index contributed by atoms with van der Waals surface area (Å²) in [6.07, 6.45) is 0. The van der Waals surface area contributed by atoms with Crippen LogP contribution in [0.25, 0.3) is 149 Å². The van der Waals surface area contributed by atoms with Gasteiger partial charge in [0.1, 0.15) is 0 Å². The van der Waals surface area contributed by atoms with Crippen LogP contribution in [0.1, 0.15) is 116 Å². The zero-order valence-electron chi connectivity index (χ0n) is 72.8. The number of benzene rings is 15. The first kappa shape index (κ1) is 59.5. The molecule has 0 amide bonds. The third-order valence-corrected chi connectivity index (χ3v) is 23.7. The molecule has 0 bridgehead atoms. The molecule has 0 unspecified atom stereocenters. The largest absolute Gasteiger partial charge is 0.310 e. The fourth-order valence-corrected chi connectivity index (χ4v) is 18.0. The van der Waals surface area contributed by atoms with Gasteiger partial charge < -0.3 is 18.6 Å². The molecule has 15 aromatic carbocycles. The molecular weight excluding hydrogens is 1340 g/mol. The Morgan fingerprint density at radius 1 is 0.261 bits per heavy atom. The fraction of sp³-hybridized carbons (Fsp3) is 0.151. The smallest absolute Gasteiger partial charge is 0.252 e. The van der Waals surface area contributed by atoms with Gasteiger partial charge in [-0.3, -0.25) is 0 Å². The Bertz CT molecular complexity index is 7250. The molecule has 0 saturated carbocycles. The summed E-state index contributed by atoms with van der Waals surface area (Å²) >= 11 is 0. The van der Waals surface area contributed by atoms with E-state index in [1.807, 2.05) is 0 Å². The Kier molecular flexibility index (Phi) is 13.4. The molecule has 111 heavy (non-hydrogen) atoms. The maximum Gasteiger partial charge on any atom is 0.252 e. The van der Waals surface area contributed by atoms with Gasteiger partial charge in [0.05, 0.1) is 49.9 Å². The Morgan fingerprint density at radius 3 is 1.22 bits per heavy atom. The lowest BCUT2D eigenvalue weighted by Gasteiger charge is -2.43. The van der Waals surface area contributed by atoms with Gasteiger partial charge in [0.15, 0.2) is 0 Å². The second-order valence-corrected chi connectivity index (χ2v) is 34.7. The topological polar surface area (TPSA) is 18.0 Å². The summed E-state index contributed by atoms with van der Waals surface area (Å²) in [6.45, 7) is 26.9. The molecule has 0 atom stereocenters. The average Bonchev–Trinajstić information content (AvgIpc) is 1.57. The zero-order chi connectivity index (χ0) is 82.7. The molecule has 0 N–H and O–H groups in total. The normalized spacial score (nSPS) is 14.0. The van der Waals surface area contributed by atoms with Gasteiger partial charge in [0, 0.05) is 71.7 Å². The van der Waals surface area contributed by atoms with Crippen molar-refractivity contribution >= 4 is 127 Å². The van der Waals surface area contributed by atoms with Crippen LogP contribution >= 0.6 is 0 Å². The summed E-state index contributed by atoms with van der Waals surface area (Å²) < 4.78 is 85.1. The lowest BCUT2D eigenvalue weighted by atomic mass is 9.33. The summed E-state index contributed by atoms with van der Waals surface area (Å²) in [5, 5.41) is 8.39. The van der Waals surface area contributed by atoms with Crippen molar-refractivity contribution in [3.05, 3.63) is 344 Å². The molecule has 0 fully saturated rings. The van der Waals surface area contributed by atoms with Crippen LogP contribution in [0.4, 0.5) is 17.1 Å². The van der Waals surface area contributed by atoms with Crippen molar-refractivity contribution in [2.24, 2.45) is 0 Å². The van der Waals surface area contributed by atoms with Crippen molar-refractivity contribution in [2.75, 3.05) is 4.90 Å². The predicted octanol–water partition coefficient (Wildman–Crippen LogP) is 26.9. The van der Waals surface area contributed by atoms with Gasteiger partial charge in [-0.25, -0.2) is 0 Å². The van der Waals surface area contributed by atoms with Crippen LogP contribution in [0.15, 0.2) is 321 Å². The minimum atomic E-state index is -0.590. The van der Waals surface area contributed by atoms with Gasteiger partial charge in [-0.2, -0.15) is 0 Å². The van der Waals surface area contributed by atoms with E-state index >= 15 is 0 Å². The number of fused-ring (bicyclic) bond motifs is 17. The standard InChI is InChI=1S/C106H89BN4/c1-103(2,3)72-48-52-95-87(61-72)88-62-73(104(4,5)6)49-53-96(88)108(95)76-50-51-90-97(63-76)111(101-85(67-34-18-14-19-35-67)56-70(66-32-16-13-17-33-66)57-86(101)68-36-20-15-21-37-68)99-65-77(109-92-45-29-27-43-83(92)84-44-28-30-46-93(84)109)64-98-100(99)107(90)91-59-71(69-54-74(105(7,8)9)60-75(55-69)106(10,11)12)58-89-81-41-25-23-39-79(81)78-38-22-24-40-80(78)82-42-26-31-47-94(82)110(98)102(89)91/h13-65H,1-12H3/i27D,28D,29D,30D,43D,44D,45D,46D. The van der Waals surface area contributed by atoms with Crippen molar-refractivity contribution in [2.45, 2.75) is 105 Å². The number of aromatic nitrogens is 3. The second-order valence-electron chi connectivity index (χ2n) is 34.7. The van der Waals surface area contributed by atoms with E-state index in [2.05, 4.69) is 370 Å². The molecule has 20 rings (SSSR count). The van der Waals surface area contributed by atoms with Crippen molar-refractivity contribution in [3.8, 4) is 61.6 Å². The first-order valence-corrected chi connectivity index (χ1v) is 38.9.